The van der Waals surface area contributed by atoms with Crippen molar-refractivity contribution in [1.82, 2.24) is 0 Å². The second kappa shape index (κ2) is 3.27. The minimum absolute atomic E-state index is 0.477. The van der Waals surface area contributed by atoms with Crippen LogP contribution in [0.25, 0.3) is 0 Å². The number of anilines is 1. The summed E-state index contributed by atoms with van der Waals surface area (Å²) in [6, 6.07) is 0. The van der Waals surface area contributed by atoms with Crippen molar-refractivity contribution in [1.29, 1.82) is 0 Å². The first-order valence-corrected chi connectivity index (χ1v) is 6.24. The maximum atomic E-state index is 6.04. The fraction of sp³-hybridized carbons (Fsp3) is 0.667. The Hall–Kier alpha value is -0.500. The van der Waals surface area contributed by atoms with Gasteiger partial charge in [-0.15, -0.1) is 11.3 Å². The van der Waals surface area contributed by atoms with Crippen molar-refractivity contribution < 1.29 is 0 Å². The van der Waals surface area contributed by atoms with E-state index in [-0.39, 0.29) is 0 Å². The summed E-state index contributed by atoms with van der Waals surface area (Å²) < 4.78 is 0. The number of fused-ring (bicyclic) bond motifs is 1. The smallest absolute Gasteiger partial charge is 0.0894 e. The highest BCUT2D eigenvalue weighted by molar-refractivity contribution is 7.16. The standard InChI is InChI=1S/C12H19NS/c1-4-8-9-7-12(2,3)6-5-10(9)14-11(8)13/h4-7,13H2,1-3H3. The number of aryl methyl sites for hydroxylation is 1. The summed E-state index contributed by atoms with van der Waals surface area (Å²) in [5.74, 6) is 0. The molecule has 2 rings (SSSR count). The van der Waals surface area contributed by atoms with Gasteiger partial charge in [-0.3, -0.25) is 0 Å². The normalized spacial score (nSPS) is 19.4. The fourth-order valence-corrected chi connectivity index (χ4v) is 3.57. The zero-order valence-corrected chi connectivity index (χ0v) is 10.1. The Morgan fingerprint density at radius 1 is 1.43 bits per heavy atom. The summed E-state index contributed by atoms with van der Waals surface area (Å²) in [5, 5.41) is 1.07. The molecule has 0 saturated carbocycles. The summed E-state index contributed by atoms with van der Waals surface area (Å²) >= 11 is 1.82. The molecular formula is C12H19NS. The molecule has 1 aliphatic rings. The molecule has 0 radical (unpaired) electrons. The van der Waals surface area contributed by atoms with E-state index in [1.54, 1.807) is 10.4 Å². The van der Waals surface area contributed by atoms with Gasteiger partial charge in [-0.05, 0) is 42.2 Å². The van der Waals surface area contributed by atoms with Crippen molar-refractivity contribution in [2.24, 2.45) is 5.41 Å². The molecule has 1 aliphatic carbocycles. The summed E-state index contributed by atoms with van der Waals surface area (Å²) in [5.41, 5.74) is 9.52. The predicted molar refractivity (Wildman–Crippen MR) is 63.9 cm³/mol. The molecule has 14 heavy (non-hydrogen) atoms. The van der Waals surface area contributed by atoms with Gasteiger partial charge in [-0.25, -0.2) is 0 Å². The summed E-state index contributed by atoms with van der Waals surface area (Å²) in [6.07, 6.45) is 4.85. The Kier molecular flexibility index (Phi) is 2.34. The van der Waals surface area contributed by atoms with Gasteiger partial charge >= 0.3 is 0 Å². The fourth-order valence-electron chi connectivity index (χ4n) is 2.39. The Balaban J connectivity index is 2.44. The third-order valence-electron chi connectivity index (χ3n) is 3.27. The Morgan fingerprint density at radius 3 is 2.79 bits per heavy atom. The monoisotopic (exact) mass is 209 g/mol. The van der Waals surface area contributed by atoms with Crippen molar-refractivity contribution in [3.63, 3.8) is 0 Å². The van der Waals surface area contributed by atoms with Crippen LogP contribution in [0.2, 0.25) is 0 Å². The van der Waals surface area contributed by atoms with Crippen LogP contribution < -0.4 is 5.73 Å². The molecule has 1 heterocycles. The third kappa shape index (κ3) is 1.56. The van der Waals surface area contributed by atoms with E-state index < -0.39 is 0 Å². The molecule has 0 unspecified atom stereocenters. The first-order chi connectivity index (χ1) is 6.53. The van der Waals surface area contributed by atoms with Gasteiger partial charge in [0.15, 0.2) is 0 Å². The first-order valence-electron chi connectivity index (χ1n) is 5.42. The highest BCUT2D eigenvalue weighted by Gasteiger charge is 2.28. The van der Waals surface area contributed by atoms with Crippen LogP contribution in [-0.2, 0) is 19.3 Å². The maximum Gasteiger partial charge on any atom is 0.0894 e. The molecule has 78 valence electrons. The average molecular weight is 209 g/mol. The topological polar surface area (TPSA) is 26.0 Å². The van der Waals surface area contributed by atoms with E-state index >= 15 is 0 Å². The number of hydrogen-bond donors (Lipinski definition) is 1. The number of thiophene rings is 1. The maximum absolute atomic E-state index is 6.04. The van der Waals surface area contributed by atoms with Crippen LogP contribution in [0, 0.1) is 5.41 Å². The quantitative estimate of drug-likeness (QED) is 0.753. The van der Waals surface area contributed by atoms with Crippen LogP contribution in [0.15, 0.2) is 0 Å². The molecule has 1 aromatic rings. The molecule has 1 aromatic heterocycles. The summed E-state index contributed by atoms with van der Waals surface area (Å²) in [6.45, 7) is 6.94. The molecule has 2 N–H and O–H groups in total. The van der Waals surface area contributed by atoms with Crippen molar-refractivity contribution in [3.8, 4) is 0 Å². The third-order valence-corrected chi connectivity index (χ3v) is 4.43. The van der Waals surface area contributed by atoms with Gasteiger partial charge in [-0.1, -0.05) is 20.8 Å². The van der Waals surface area contributed by atoms with Crippen molar-refractivity contribution in [2.45, 2.75) is 46.5 Å². The highest BCUT2D eigenvalue weighted by atomic mass is 32.1. The van der Waals surface area contributed by atoms with Gasteiger partial charge in [0.25, 0.3) is 0 Å². The van der Waals surface area contributed by atoms with Crippen LogP contribution in [0.4, 0.5) is 5.00 Å². The lowest BCUT2D eigenvalue weighted by Crippen LogP contribution is -2.21. The lowest BCUT2D eigenvalue weighted by Gasteiger charge is -2.29. The molecule has 0 aliphatic heterocycles. The van der Waals surface area contributed by atoms with Crippen LogP contribution in [-0.4, -0.2) is 0 Å². The minimum Gasteiger partial charge on any atom is -0.390 e. The molecule has 0 amide bonds. The van der Waals surface area contributed by atoms with Crippen LogP contribution in [0.3, 0.4) is 0 Å². The molecule has 0 saturated heterocycles. The van der Waals surface area contributed by atoms with Gasteiger partial charge in [0.1, 0.15) is 0 Å². The summed E-state index contributed by atoms with van der Waals surface area (Å²) in [4.78, 5) is 1.55. The predicted octanol–water partition coefficient (Wildman–Crippen LogP) is 3.41. The SMILES string of the molecule is CCc1c(N)sc2c1CC(C)(C)CC2. The van der Waals surface area contributed by atoms with Gasteiger partial charge in [0.2, 0.25) is 0 Å². The molecule has 0 atom stereocenters. The second-order valence-electron chi connectivity index (χ2n) is 5.04. The Morgan fingerprint density at radius 2 is 2.14 bits per heavy atom. The Labute approximate surface area is 90.3 Å². The zero-order chi connectivity index (χ0) is 10.3. The van der Waals surface area contributed by atoms with E-state index in [1.807, 2.05) is 11.3 Å². The summed E-state index contributed by atoms with van der Waals surface area (Å²) in [7, 11) is 0. The van der Waals surface area contributed by atoms with E-state index in [9.17, 15) is 0 Å². The van der Waals surface area contributed by atoms with E-state index in [1.165, 1.54) is 24.8 Å². The average Bonchev–Trinajstić information content (AvgIpc) is 2.39. The number of nitrogens with two attached hydrogens (primary N) is 1. The lowest BCUT2D eigenvalue weighted by molar-refractivity contribution is 0.317. The largest absolute Gasteiger partial charge is 0.390 e. The molecule has 0 spiro atoms. The van der Waals surface area contributed by atoms with Gasteiger partial charge in [-0.2, -0.15) is 0 Å². The number of hydrogen-bond acceptors (Lipinski definition) is 2. The first kappa shape index (κ1) is 10.0. The van der Waals surface area contributed by atoms with E-state index in [0.29, 0.717) is 5.41 Å². The molecular weight excluding hydrogens is 190 g/mol. The van der Waals surface area contributed by atoms with Crippen LogP contribution >= 0.6 is 11.3 Å². The second-order valence-corrected chi connectivity index (χ2v) is 6.18. The van der Waals surface area contributed by atoms with E-state index in [4.69, 9.17) is 5.73 Å². The van der Waals surface area contributed by atoms with Crippen molar-refractivity contribution in [3.05, 3.63) is 16.0 Å². The highest BCUT2D eigenvalue weighted by Crippen LogP contribution is 2.42. The van der Waals surface area contributed by atoms with Crippen LogP contribution in [0.5, 0.6) is 0 Å². The molecule has 0 fully saturated rings. The van der Waals surface area contributed by atoms with Crippen molar-refractivity contribution >= 4 is 16.3 Å². The Bertz CT molecular complexity index is 349. The van der Waals surface area contributed by atoms with Crippen LogP contribution in [0.1, 0.15) is 43.2 Å². The zero-order valence-electron chi connectivity index (χ0n) is 9.31. The minimum atomic E-state index is 0.477. The lowest BCUT2D eigenvalue weighted by atomic mass is 9.76. The molecule has 0 bridgehead atoms. The molecule has 2 heteroatoms. The van der Waals surface area contributed by atoms with Crippen molar-refractivity contribution in [2.75, 3.05) is 5.73 Å². The molecule has 1 nitrogen and oxygen atoms in total. The van der Waals surface area contributed by atoms with Gasteiger partial charge < -0.3 is 5.73 Å². The van der Waals surface area contributed by atoms with Gasteiger partial charge in [0, 0.05) is 4.88 Å². The molecule has 0 aromatic carbocycles. The number of rotatable bonds is 1. The van der Waals surface area contributed by atoms with E-state index in [0.717, 1.165) is 11.4 Å². The van der Waals surface area contributed by atoms with Gasteiger partial charge in [0.05, 0.1) is 5.00 Å². The van der Waals surface area contributed by atoms with E-state index in [2.05, 4.69) is 20.8 Å². The number of nitrogen functional groups attached to an aromatic ring is 1.